The van der Waals surface area contributed by atoms with Gasteiger partial charge in [0.25, 0.3) is 0 Å². The monoisotopic (exact) mass is 624 g/mol. The molecule has 3 atom stereocenters. The molecule has 0 bridgehead atoms. The van der Waals surface area contributed by atoms with Crippen LogP contribution in [0, 0.1) is 0 Å². The van der Waals surface area contributed by atoms with E-state index in [9.17, 15) is 24.2 Å². The number of ether oxygens (including phenoxy) is 2. The van der Waals surface area contributed by atoms with Gasteiger partial charge in [-0.25, -0.2) is 4.57 Å². The van der Waals surface area contributed by atoms with Gasteiger partial charge in [-0.15, -0.1) is 0 Å². The van der Waals surface area contributed by atoms with Crippen LogP contribution in [0.2, 0.25) is 0 Å². The molecule has 0 rings (SSSR count). The number of carbonyl (C=O) groups excluding carboxylic acids is 2. The van der Waals surface area contributed by atoms with Gasteiger partial charge in [0.2, 0.25) is 0 Å². The van der Waals surface area contributed by atoms with Gasteiger partial charge in [-0.05, 0) is 12.8 Å². The molecule has 0 aliphatic carbocycles. The summed E-state index contributed by atoms with van der Waals surface area (Å²) in [5, 5.41) is 18.2. The SMILES string of the molecule is CCCCCCCCCCCCCCC(=O)O[C@H](COC(=O)CCCCCCCCC)COP(=O)(O)OC[C@@H](O)CO. The van der Waals surface area contributed by atoms with Crippen molar-refractivity contribution in [2.75, 3.05) is 26.4 Å². The van der Waals surface area contributed by atoms with Gasteiger partial charge in [0.15, 0.2) is 6.10 Å². The van der Waals surface area contributed by atoms with E-state index in [0.717, 1.165) is 38.5 Å². The molecule has 10 nitrogen and oxygen atoms in total. The Labute approximate surface area is 254 Å². The number of phosphoric acid groups is 1. The predicted octanol–water partition coefficient (Wildman–Crippen LogP) is 7.16. The van der Waals surface area contributed by atoms with E-state index in [2.05, 4.69) is 18.4 Å². The van der Waals surface area contributed by atoms with Crippen molar-refractivity contribution < 1.29 is 47.8 Å². The number of hydrogen-bond acceptors (Lipinski definition) is 9. The maximum atomic E-state index is 12.4. The number of carbonyl (C=O) groups is 2. The highest BCUT2D eigenvalue weighted by Crippen LogP contribution is 2.43. The molecular weight excluding hydrogens is 563 g/mol. The largest absolute Gasteiger partial charge is 0.472 e. The van der Waals surface area contributed by atoms with E-state index in [1.807, 2.05) is 0 Å². The molecule has 0 aromatic heterocycles. The molecule has 3 N–H and O–H groups in total. The summed E-state index contributed by atoms with van der Waals surface area (Å²) in [6, 6.07) is 0. The Morgan fingerprint density at radius 2 is 1.02 bits per heavy atom. The van der Waals surface area contributed by atoms with Crippen molar-refractivity contribution in [3.05, 3.63) is 0 Å². The smallest absolute Gasteiger partial charge is 0.462 e. The molecular formula is C31H61O10P. The molecule has 0 radical (unpaired) electrons. The number of esters is 2. The zero-order valence-electron chi connectivity index (χ0n) is 26.5. The molecule has 250 valence electrons. The van der Waals surface area contributed by atoms with Crippen molar-refractivity contribution in [1.29, 1.82) is 0 Å². The summed E-state index contributed by atoms with van der Waals surface area (Å²) in [5.74, 6) is -0.928. The molecule has 0 aromatic rings. The third kappa shape index (κ3) is 27.8. The maximum absolute atomic E-state index is 12.4. The summed E-state index contributed by atoms with van der Waals surface area (Å²) in [5.41, 5.74) is 0. The quantitative estimate of drug-likeness (QED) is 0.0412. The number of hydrogen-bond donors (Lipinski definition) is 3. The van der Waals surface area contributed by atoms with Crippen LogP contribution >= 0.6 is 7.82 Å². The Morgan fingerprint density at radius 1 is 0.619 bits per heavy atom. The molecule has 0 aliphatic rings. The minimum absolute atomic E-state index is 0.190. The van der Waals surface area contributed by atoms with Crippen molar-refractivity contribution in [2.45, 2.75) is 161 Å². The molecule has 0 aromatic carbocycles. The highest BCUT2D eigenvalue weighted by Gasteiger charge is 2.27. The zero-order valence-corrected chi connectivity index (χ0v) is 27.4. The van der Waals surface area contributed by atoms with E-state index in [0.29, 0.717) is 12.8 Å². The number of phosphoric ester groups is 1. The van der Waals surface area contributed by atoms with E-state index in [1.54, 1.807) is 0 Å². The van der Waals surface area contributed by atoms with Crippen molar-refractivity contribution in [2.24, 2.45) is 0 Å². The number of unbranched alkanes of at least 4 members (excludes halogenated alkanes) is 17. The molecule has 0 aliphatic heterocycles. The predicted molar refractivity (Wildman–Crippen MR) is 164 cm³/mol. The lowest BCUT2D eigenvalue weighted by Crippen LogP contribution is -2.29. The van der Waals surface area contributed by atoms with Gasteiger partial charge in [0.05, 0.1) is 19.8 Å². The van der Waals surface area contributed by atoms with Gasteiger partial charge >= 0.3 is 19.8 Å². The molecule has 0 fully saturated rings. The number of aliphatic hydroxyl groups is 2. The van der Waals surface area contributed by atoms with Crippen molar-refractivity contribution in [3.8, 4) is 0 Å². The normalized spacial score (nSPS) is 14.3. The van der Waals surface area contributed by atoms with E-state index in [1.165, 1.54) is 70.6 Å². The Balaban J connectivity index is 4.41. The molecule has 42 heavy (non-hydrogen) atoms. The first-order chi connectivity index (χ1) is 20.2. The third-order valence-corrected chi connectivity index (χ3v) is 7.96. The average molecular weight is 625 g/mol. The third-order valence-electron chi connectivity index (χ3n) is 7.01. The summed E-state index contributed by atoms with van der Waals surface area (Å²) >= 11 is 0. The van der Waals surface area contributed by atoms with Crippen LogP contribution in [0.5, 0.6) is 0 Å². The van der Waals surface area contributed by atoms with Crippen molar-refractivity contribution >= 4 is 19.8 Å². The van der Waals surface area contributed by atoms with Gasteiger partial charge in [-0.2, -0.15) is 0 Å². The molecule has 0 saturated heterocycles. The lowest BCUT2D eigenvalue weighted by atomic mass is 10.0. The van der Waals surface area contributed by atoms with Gasteiger partial charge in [0.1, 0.15) is 12.7 Å². The Morgan fingerprint density at radius 3 is 1.48 bits per heavy atom. The van der Waals surface area contributed by atoms with Gasteiger partial charge in [-0.1, -0.05) is 123 Å². The van der Waals surface area contributed by atoms with Crippen molar-refractivity contribution in [3.63, 3.8) is 0 Å². The number of rotatable bonds is 31. The fourth-order valence-corrected chi connectivity index (χ4v) is 5.19. The average Bonchev–Trinajstić information content (AvgIpc) is 2.97. The first-order valence-electron chi connectivity index (χ1n) is 16.5. The van der Waals surface area contributed by atoms with Gasteiger partial charge in [0, 0.05) is 12.8 Å². The van der Waals surface area contributed by atoms with Gasteiger partial charge < -0.3 is 24.6 Å². The second kappa shape index (κ2) is 28.7. The summed E-state index contributed by atoms with van der Waals surface area (Å²) in [6.07, 6.45) is 19.6. The maximum Gasteiger partial charge on any atom is 0.472 e. The molecule has 11 heteroatoms. The highest BCUT2D eigenvalue weighted by atomic mass is 31.2. The van der Waals surface area contributed by atoms with E-state index in [4.69, 9.17) is 19.1 Å². The van der Waals surface area contributed by atoms with E-state index < -0.39 is 51.8 Å². The minimum Gasteiger partial charge on any atom is -0.462 e. The summed E-state index contributed by atoms with van der Waals surface area (Å²) < 4.78 is 32.3. The minimum atomic E-state index is -4.59. The fraction of sp³-hybridized carbons (Fsp3) is 0.935. The Kier molecular flexibility index (Phi) is 28.0. The van der Waals surface area contributed by atoms with Crippen LogP contribution in [0.4, 0.5) is 0 Å². The summed E-state index contributed by atoms with van der Waals surface area (Å²) in [6.45, 7) is 2.30. The first kappa shape index (κ1) is 41.0. The van der Waals surface area contributed by atoms with Crippen LogP contribution in [-0.4, -0.2) is 65.7 Å². The Bertz CT molecular complexity index is 691. The highest BCUT2D eigenvalue weighted by molar-refractivity contribution is 7.47. The van der Waals surface area contributed by atoms with E-state index in [-0.39, 0.29) is 19.4 Å². The Hall–Kier alpha value is -1.03. The lowest BCUT2D eigenvalue weighted by molar-refractivity contribution is -0.161. The second-order valence-electron chi connectivity index (χ2n) is 11.2. The first-order valence-corrected chi connectivity index (χ1v) is 18.0. The number of aliphatic hydroxyl groups excluding tert-OH is 2. The van der Waals surface area contributed by atoms with Crippen molar-refractivity contribution in [1.82, 2.24) is 0 Å². The molecule has 0 amide bonds. The molecule has 0 heterocycles. The topological polar surface area (TPSA) is 149 Å². The molecule has 1 unspecified atom stereocenters. The van der Waals surface area contributed by atoms with Crippen LogP contribution in [-0.2, 0) is 32.7 Å². The van der Waals surface area contributed by atoms with Crippen LogP contribution in [0.3, 0.4) is 0 Å². The summed E-state index contributed by atoms with van der Waals surface area (Å²) in [4.78, 5) is 34.5. The van der Waals surface area contributed by atoms with Crippen LogP contribution in [0.15, 0.2) is 0 Å². The molecule has 0 spiro atoms. The van der Waals surface area contributed by atoms with E-state index >= 15 is 0 Å². The van der Waals surface area contributed by atoms with Crippen LogP contribution < -0.4 is 0 Å². The summed E-state index contributed by atoms with van der Waals surface area (Å²) in [7, 11) is -4.59. The van der Waals surface area contributed by atoms with Gasteiger partial charge in [-0.3, -0.25) is 18.6 Å². The fourth-order valence-electron chi connectivity index (χ4n) is 4.40. The molecule has 0 saturated carbocycles. The zero-order chi connectivity index (χ0) is 31.3. The second-order valence-corrected chi connectivity index (χ2v) is 12.7. The lowest BCUT2D eigenvalue weighted by Gasteiger charge is -2.20. The van der Waals surface area contributed by atoms with Crippen LogP contribution in [0.1, 0.15) is 149 Å². The van der Waals surface area contributed by atoms with Crippen LogP contribution in [0.25, 0.3) is 0 Å². The standard InChI is InChI=1S/C31H61O10P/c1-3-5-7-9-11-12-13-14-15-17-19-21-23-31(35)41-29(27-40-42(36,37)39-25-28(33)24-32)26-38-30(34)22-20-18-16-10-8-6-4-2/h28-29,32-33H,3-27H2,1-2H3,(H,36,37)/t28-,29+/m0/s1.